The normalized spacial score (nSPS) is 10.4. The first kappa shape index (κ1) is 10.3. The zero-order valence-electron chi connectivity index (χ0n) is 8.88. The van der Waals surface area contributed by atoms with Crippen LogP contribution < -0.4 is 0 Å². The average Bonchev–Trinajstić information content (AvgIpc) is 2.57. The minimum atomic E-state index is -1.08. The van der Waals surface area contributed by atoms with Crippen molar-refractivity contribution in [2.24, 2.45) is 7.05 Å². The van der Waals surface area contributed by atoms with Gasteiger partial charge in [-0.05, 0) is 13.0 Å². The fraction of sp³-hybridized carbons (Fsp3) is 0.200. The van der Waals surface area contributed by atoms with E-state index in [1.165, 1.54) is 4.68 Å². The molecule has 0 bridgehead atoms. The molecular formula is C10H10N4O2. The lowest BCUT2D eigenvalue weighted by Gasteiger charge is -1.99. The van der Waals surface area contributed by atoms with E-state index in [1.807, 2.05) is 0 Å². The lowest BCUT2D eigenvalue weighted by atomic mass is 10.1. The van der Waals surface area contributed by atoms with E-state index in [4.69, 9.17) is 5.11 Å². The first-order valence-electron chi connectivity index (χ1n) is 4.65. The van der Waals surface area contributed by atoms with Crippen LogP contribution in [0.4, 0.5) is 0 Å². The molecule has 16 heavy (non-hydrogen) atoms. The van der Waals surface area contributed by atoms with Crippen molar-refractivity contribution in [3.63, 3.8) is 0 Å². The first-order valence-corrected chi connectivity index (χ1v) is 4.65. The van der Waals surface area contributed by atoms with E-state index in [0.29, 0.717) is 11.4 Å². The van der Waals surface area contributed by atoms with Gasteiger partial charge in [0.05, 0.1) is 5.56 Å². The molecule has 0 saturated heterocycles. The van der Waals surface area contributed by atoms with Gasteiger partial charge < -0.3 is 5.11 Å². The van der Waals surface area contributed by atoms with Crippen LogP contribution in [0, 0.1) is 6.92 Å². The summed E-state index contributed by atoms with van der Waals surface area (Å²) in [5, 5.41) is 13.0. The molecule has 0 unspecified atom stereocenters. The Morgan fingerprint density at radius 2 is 2.00 bits per heavy atom. The second kappa shape index (κ2) is 3.73. The van der Waals surface area contributed by atoms with Crippen molar-refractivity contribution in [2.75, 3.05) is 0 Å². The van der Waals surface area contributed by atoms with Gasteiger partial charge >= 0.3 is 5.97 Å². The lowest BCUT2D eigenvalue weighted by molar-refractivity contribution is 0.0690. The molecule has 0 amide bonds. The molecule has 0 aliphatic heterocycles. The van der Waals surface area contributed by atoms with Gasteiger partial charge in [0, 0.05) is 25.1 Å². The monoisotopic (exact) mass is 218 g/mol. The van der Waals surface area contributed by atoms with Crippen molar-refractivity contribution >= 4 is 5.97 Å². The molecule has 0 spiro atoms. The minimum Gasteiger partial charge on any atom is -0.476 e. The van der Waals surface area contributed by atoms with E-state index >= 15 is 0 Å². The van der Waals surface area contributed by atoms with Crippen molar-refractivity contribution in [3.05, 3.63) is 29.8 Å². The number of hydrogen-bond donors (Lipinski definition) is 1. The molecule has 2 aromatic rings. The largest absolute Gasteiger partial charge is 0.476 e. The Morgan fingerprint density at radius 3 is 2.56 bits per heavy atom. The number of carboxylic acid groups (broad SMARTS) is 1. The molecular weight excluding hydrogens is 208 g/mol. The fourth-order valence-corrected chi connectivity index (χ4v) is 1.45. The van der Waals surface area contributed by atoms with Crippen LogP contribution in [0.1, 0.15) is 16.2 Å². The maximum absolute atomic E-state index is 11.0. The van der Waals surface area contributed by atoms with E-state index in [2.05, 4.69) is 15.1 Å². The highest BCUT2D eigenvalue weighted by Gasteiger charge is 2.21. The number of carboxylic acids is 1. The smallest absolute Gasteiger partial charge is 0.357 e. The third kappa shape index (κ3) is 1.54. The molecule has 82 valence electrons. The zero-order valence-corrected chi connectivity index (χ0v) is 8.88. The molecule has 2 rings (SSSR count). The second-order valence-corrected chi connectivity index (χ2v) is 3.31. The van der Waals surface area contributed by atoms with Crippen LogP contribution in [0.15, 0.2) is 18.5 Å². The van der Waals surface area contributed by atoms with Gasteiger partial charge in [-0.15, -0.1) is 0 Å². The Labute approximate surface area is 91.6 Å². The summed E-state index contributed by atoms with van der Waals surface area (Å²) >= 11 is 0. The standard InChI is InChI=1S/C10H10N4O2/c1-6-7(9-11-4-3-5-12-9)8(10(15)16)13-14(6)2/h3-5H,1-2H3,(H,15,16). The molecule has 0 aromatic carbocycles. The quantitative estimate of drug-likeness (QED) is 0.809. The van der Waals surface area contributed by atoms with Gasteiger partial charge in [0.1, 0.15) is 0 Å². The van der Waals surface area contributed by atoms with Crippen molar-refractivity contribution in [2.45, 2.75) is 6.92 Å². The summed E-state index contributed by atoms with van der Waals surface area (Å²) in [5.74, 6) is -0.698. The Morgan fingerprint density at radius 1 is 1.38 bits per heavy atom. The molecule has 0 aliphatic rings. The van der Waals surface area contributed by atoms with Crippen LogP contribution in [0.3, 0.4) is 0 Å². The van der Waals surface area contributed by atoms with E-state index in [1.54, 1.807) is 32.4 Å². The van der Waals surface area contributed by atoms with E-state index in [-0.39, 0.29) is 5.69 Å². The maximum Gasteiger partial charge on any atom is 0.357 e. The Hall–Kier alpha value is -2.24. The van der Waals surface area contributed by atoms with Gasteiger partial charge in [-0.25, -0.2) is 14.8 Å². The molecule has 0 fully saturated rings. The van der Waals surface area contributed by atoms with Crippen molar-refractivity contribution in [1.82, 2.24) is 19.7 Å². The molecule has 0 aliphatic carbocycles. The summed E-state index contributed by atoms with van der Waals surface area (Å²) in [5.41, 5.74) is 1.17. The molecule has 0 saturated carbocycles. The van der Waals surface area contributed by atoms with E-state index in [9.17, 15) is 4.79 Å². The number of aryl methyl sites for hydroxylation is 1. The Balaban J connectivity index is 2.68. The van der Waals surface area contributed by atoms with E-state index in [0.717, 1.165) is 5.69 Å². The van der Waals surface area contributed by atoms with Crippen LogP contribution in [-0.2, 0) is 7.05 Å². The Bertz CT molecular complexity index is 533. The third-order valence-corrected chi connectivity index (χ3v) is 2.33. The SMILES string of the molecule is Cc1c(-c2ncccn2)c(C(=O)O)nn1C. The number of aromatic carboxylic acids is 1. The highest BCUT2D eigenvalue weighted by Crippen LogP contribution is 2.22. The summed E-state index contributed by atoms with van der Waals surface area (Å²) < 4.78 is 1.51. The average molecular weight is 218 g/mol. The molecule has 2 aromatic heterocycles. The van der Waals surface area contributed by atoms with Crippen molar-refractivity contribution in [1.29, 1.82) is 0 Å². The van der Waals surface area contributed by atoms with Gasteiger partial charge in [0.2, 0.25) is 0 Å². The molecule has 1 N–H and O–H groups in total. The number of carbonyl (C=O) groups is 1. The summed E-state index contributed by atoms with van der Waals surface area (Å²) in [6.45, 7) is 1.78. The summed E-state index contributed by atoms with van der Waals surface area (Å²) in [4.78, 5) is 19.1. The molecule has 0 atom stereocenters. The fourth-order valence-electron chi connectivity index (χ4n) is 1.45. The van der Waals surface area contributed by atoms with Crippen LogP contribution in [0.5, 0.6) is 0 Å². The number of nitrogens with zero attached hydrogens (tertiary/aromatic N) is 4. The van der Waals surface area contributed by atoms with Crippen LogP contribution in [0.25, 0.3) is 11.4 Å². The topological polar surface area (TPSA) is 80.9 Å². The summed E-state index contributed by atoms with van der Waals surface area (Å²) in [6, 6.07) is 1.68. The van der Waals surface area contributed by atoms with Gasteiger partial charge in [0.15, 0.2) is 11.5 Å². The number of rotatable bonds is 2. The predicted molar refractivity (Wildman–Crippen MR) is 55.9 cm³/mol. The molecule has 6 heteroatoms. The van der Waals surface area contributed by atoms with Crippen LogP contribution in [-0.4, -0.2) is 30.8 Å². The summed E-state index contributed by atoms with van der Waals surface area (Å²) in [6.07, 6.45) is 3.14. The van der Waals surface area contributed by atoms with Crippen molar-refractivity contribution < 1.29 is 9.90 Å². The number of aromatic nitrogens is 4. The predicted octanol–water partition coefficient (Wildman–Crippen LogP) is 0.884. The molecule has 2 heterocycles. The summed E-state index contributed by atoms with van der Waals surface area (Å²) in [7, 11) is 1.69. The second-order valence-electron chi connectivity index (χ2n) is 3.31. The Kier molecular flexibility index (Phi) is 2.40. The highest BCUT2D eigenvalue weighted by atomic mass is 16.4. The highest BCUT2D eigenvalue weighted by molar-refractivity contribution is 5.93. The lowest BCUT2D eigenvalue weighted by Crippen LogP contribution is -2.01. The zero-order chi connectivity index (χ0) is 11.7. The first-order chi connectivity index (χ1) is 7.61. The van der Waals surface area contributed by atoms with E-state index < -0.39 is 5.97 Å². The van der Waals surface area contributed by atoms with Gasteiger partial charge in [-0.3, -0.25) is 4.68 Å². The van der Waals surface area contributed by atoms with Crippen LogP contribution >= 0.6 is 0 Å². The van der Waals surface area contributed by atoms with Gasteiger partial charge in [-0.1, -0.05) is 0 Å². The van der Waals surface area contributed by atoms with Crippen molar-refractivity contribution in [3.8, 4) is 11.4 Å². The van der Waals surface area contributed by atoms with Gasteiger partial charge in [-0.2, -0.15) is 5.10 Å². The maximum atomic E-state index is 11.0. The third-order valence-electron chi connectivity index (χ3n) is 2.33. The molecule has 6 nitrogen and oxygen atoms in total. The van der Waals surface area contributed by atoms with Crippen LogP contribution in [0.2, 0.25) is 0 Å². The molecule has 0 radical (unpaired) electrons. The number of hydrogen-bond acceptors (Lipinski definition) is 4. The minimum absolute atomic E-state index is 0.0220. The van der Waals surface area contributed by atoms with Gasteiger partial charge in [0.25, 0.3) is 0 Å².